The van der Waals surface area contributed by atoms with Crippen LogP contribution in [0.15, 0.2) is 49.6 Å². The Balaban J connectivity index is 1.54. The van der Waals surface area contributed by atoms with Gasteiger partial charge in [0.1, 0.15) is 11.8 Å². The summed E-state index contributed by atoms with van der Waals surface area (Å²) in [6.45, 7) is 14.7. The number of aliphatic hydroxyl groups excluding tert-OH is 1. The van der Waals surface area contributed by atoms with E-state index < -0.39 is 28.7 Å². The molecule has 7 atom stereocenters. The van der Waals surface area contributed by atoms with Crippen LogP contribution in [0.2, 0.25) is 0 Å². The molecule has 9 heteroatoms. The summed E-state index contributed by atoms with van der Waals surface area (Å²) in [5.41, 5.74) is 0.719. The number of carbonyl (C=O) groups is 3. The second-order valence-corrected chi connectivity index (χ2v) is 14.1. The first-order valence-corrected chi connectivity index (χ1v) is 16.8. The molecule has 43 heavy (non-hydrogen) atoms. The van der Waals surface area contributed by atoms with Crippen molar-refractivity contribution in [3.8, 4) is 5.75 Å². The molecule has 4 fully saturated rings. The van der Waals surface area contributed by atoms with Crippen LogP contribution in [0.4, 0.5) is 5.69 Å². The number of carbonyl (C=O) groups excluding carboxylic acids is 3. The molecule has 0 aromatic heterocycles. The summed E-state index contributed by atoms with van der Waals surface area (Å²) in [5, 5.41) is 10.2. The van der Waals surface area contributed by atoms with Crippen LogP contribution in [0.1, 0.15) is 59.3 Å². The van der Waals surface area contributed by atoms with Gasteiger partial charge in [-0.3, -0.25) is 14.4 Å². The molecule has 0 radical (unpaired) electrons. The smallest absolute Gasteiger partial charge is 0.247 e. The summed E-state index contributed by atoms with van der Waals surface area (Å²) in [7, 11) is 0. The lowest BCUT2D eigenvalue weighted by atomic mass is 9.65. The van der Waals surface area contributed by atoms with E-state index in [2.05, 4.69) is 20.1 Å². The van der Waals surface area contributed by atoms with E-state index in [0.717, 1.165) is 43.5 Å². The van der Waals surface area contributed by atoms with Crippen LogP contribution >= 0.6 is 11.8 Å². The van der Waals surface area contributed by atoms with Crippen molar-refractivity contribution in [1.29, 1.82) is 0 Å². The molecule has 4 aliphatic rings. The maximum atomic E-state index is 14.8. The first-order chi connectivity index (χ1) is 20.7. The highest BCUT2D eigenvalue weighted by Crippen LogP contribution is 2.69. The Labute approximate surface area is 260 Å². The first-order valence-electron chi connectivity index (χ1n) is 15.9. The largest absolute Gasteiger partial charge is 0.494 e. The topological polar surface area (TPSA) is 90.4 Å². The summed E-state index contributed by atoms with van der Waals surface area (Å²) >= 11 is 1.68. The van der Waals surface area contributed by atoms with Gasteiger partial charge in [0.25, 0.3) is 0 Å². The number of fused-ring (bicyclic) bond motifs is 1. The van der Waals surface area contributed by atoms with Gasteiger partial charge in [0.2, 0.25) is 17.7 Å². The van der Waals surface area contributed by atoms with Gasteiger partial charge in [-0.1, -0.05) is 38.3 Å². The van der Waals surface area contributed by atoms with Crippen molar-refractivity contribution >= 4 is 35.2 Å². The van der Waals surface area contributed by atoms with E-state index in [1.54, 1.807) is 40.6 Å². The minimum Gasteiger partial charge on any atom is -0.494 e. The predicted octanol–water partition coefficient (Wildman–Crippen LogP) is 4.67. The third kappa shape index (κ3) is 5.30. The van der Waals surface area contributed by atoms with Crippen molar-refractivity contribution in [3.05, 3.63) is 49.6 Å². The molecule has 234 valence electrons. The van der Waals surface area contributed by atoms with Crippen LogP contribution in [-0.4, -0.2) is 87.1 Å². The number of likely N-dealkylation sites (tertiary alicyclic amines) is 1. The van der Waals surface area contributed by atoms with Crippen molar-refractivity contribution in [1.82, 2.24) is 9.80 Å². The van der Waals surface area contributed by atoms with Gasteiger partial charge in [0, 0.05) is 30.1 Å². The fraction of sp³-hybridized carbons (Fsp3) is 0.618. The molecular weight excluding hydrogens is 562 g/mol. The van der Waals surface area contributed by atoms with Crippen molar-refractivity contribution in [2.45, 2.75) is 87.4 Å². The molecule has 1 saturated carbocycles. The maximum Gasteiger partial charge on any atom is 0.247 e. The molecule has 3 amide bonds. The molecule has 5 rings (SSSR count). The van der Waals surface area contributed by atoms with Crippen LogP contribution in [-0.2, 0) is 14.4 Å². The molecular formula is C34H47N3O5S. The molecule has 3 unspecified atom stereocenters. The molecule has 3 saturated heterocycles. The second-order valence-electron chi connectivity index (χ2n) is 12.6. The van der Waals surface area contributed by atoms with E-state index in [1.807, 2.05) is 36.1 Å². The predicted molar refractivity (Wildman–Crippen MR) is 171 cm³/mol. The SMILES string of the molecule is C=CCN(C(=O)[C@@H]1[C@H]2C(=O)N([C@H](C)CO)C(C(=O)N(CC=C)C3CCCCC3)C23S[C@@H]1CC3C)c1ccc(OCC)cc1. The van der Waals surface area contributed by atoms with Crippen molar-refractivity contribution < 1.29 is 24.2 Å². The van der Waals surface area contributed by atoms with Crippen LogP contribution < -0.4 is 9.64 Å². The normalized spacial score (nSPS) is 30.6. The Morgan fingerprint density at radius 2 is 1.81 bits per heavy atom. The number of amides is 3. The molecule has 8 nitrogen and oxygen atoms in total. The lowest BCUT2D eigenvalue weighted by Crippen LogP contribution is -2.60. The van der Waals surface area contributed by atoms with Gasteiger partial charge in [-0.15, -0.1) is 24.9 Å². The van der Waals surface area contributed by atoms with Crippen LogP contribution in [0.5, 0.6) is 5.75 Å². The molecule has 3 heterocycles. The number of hydrogen-bond acceptors (Lipinski definition) is 6. The van der Waals surface area contributed by atoms with Crippen molar-refractivity contribution in [3.63, 3.8) is 0 Å². The molecule has 1 aromatic rings. The van der Waals surface area contributed by atoms with Crippen LogP contribution in [0, 0.1) is 17.8 Å². The van der Waals surface area contributed by atoms with Gasteiger partial charge in [0.05, 0.1) is 35.8 Å². The van der Waals surface area contributed by atoms with Gasteiger partial charge in [-0.2, -0.15) is 0 Å². The van der Waals surface area contributed by atoms with E-state index in [0.29, 0.717) is 19.7 Å². The highest BCUT2D eigenvalue weighted by atomic mass is 32.2. The third-order valence-electron chi connectivity index (χ3n) is 10.1. The van der Waals surface area contributed by atoms with E-state index in [4.69, 9.17) is 4.74 Å². The monoisotopic (exact) mass is 609 g/mol. The fourth-order valence-electron chi connectivity index (χ4n) is 8.21. The summed E-state index contributed by atoms with van der Waals surface area (Å²) in [4.78, 5) is 49.1. The van der Waals surface area contributed by atoms with Crippen molar-refractivity contribution in [2.75, 3.05) is 31.2 Å². The van der Waals surface area contributed by atoms with Crippen LogP contribution in [0.25, 0.3) is 0 Å². The lowest BCUT2D eigenvalue weighted by molar-refractivity contribution is -0.146. The van der Waals surface area contributed by atoms with E-state index >= 15 is 0 Å². The van der Waals surface area contributed by atoms with Gasteiger partial charge >= 0.3 is 0 Å². The average Bonchev–Trinajstić information content (AvgIpc) is 3.62. The number of nitrogens with zero attached hydrogens (tertiary/aromatic N) is 3. The molecule has 3 aliphatic heterocycles. The van der Waals surface area contributed by atoms with Gasteiger partial charge in [0.15, 0.2) is 0 Å². The van der Waals surface area contributed by atoms with E-state index in [-0.39, 0.29) is 41.5 Å². The molecule has 2 bridgehead atoms. The van der Waals surface area contributed by atoms with Crippen LogP contribution in [0.3, 0.4) is 0 Å². The van der Waals surface area contributed by atoms with Gasteiger partial charge in [-0.05, 0) is 63.3 Å². The highest BCUT2D eigenvalue weighted by molar-refractivity contribution is 8.02. The zero-order chi connectivity index (χ0) is 30.9. The Hall–Kier alpha value is -2.78. The summed E-state index contributed by atoms with van der Waals surface area (Å²) < 4.78 is 4.86. The molecule has 1 aliphatic carbocycles. The first kappa shape index (κ1) is 31.6. The number of benzene rings is 1. The zero-order valence-electron chi connectivity index (χ0n) is 25.8. The number of rotatable bonds is 12. The van der Waals surface area contributed by atoms with E-state index in [1.165, 1.54) is 6.42 Å². The fourth-order valence-corrected chi connectivity index (χ4v) is 10.6. The second kappa shape index (κ2) is 13.1. The minimum atomic E-state index is -0.741. The van der Waals surface area contributed by atoms with Gasteiger partial charge in [-0.25, -0.2) is 0 Å². The Morgan fingerprint density at radius 3 is 2.42 bits per heavy atom. The molecule has 1 spiro atoms. The van der Waals surface area contributed by atoms with Crippen molar-refractivity contribution in [2.24, 2.45) is 17.8 Å². The summed E-state index contributed by atoms with van der Waals surface area (Å²) in [6.07, 6.45) is 9.44. The summed E-state index contributed by atoms with van der Waals surface area (Å²) in [5.74, 6) is -0.807. The minimum absolute atomic E-state index is 0.0561. The number of anilines is 1. The third-order valence-corrected chi connectivity index (χ3v) is 12.2. The standard InChI is InChI=1S/C34H47N3O5S/c1-6-18-35(25-14-16-26(17-15-25)42-8-3)31(39)28-27-20-22(4)34(43-27)29(28)32(40)37(23(5)21-38)30(34)33(41)36(19-7-2)24-12-10-9-11-13-24/h6-7,14-17,22-24,27-30,38H,1-2,8-13,18-21H2,3-5H3/t22?,23-,27-,28+,29+,30?,34?/m1/s1. The highest BCUT2D eigenvalue weighted by Gasteiger charge is 2.77. The van der Waals surface area contributed by atoms with Gasteiger partial charge < -0.3 is 24.5 Å². The quantitative estimate of drug-likeness (QED) is 0.347. The Kier molecular flexibility index (Phi) is 9.61. The molecule has 1 N–H and O–H groups in total. The lowest BCUT2D eigenvalue weighted by Gasteiger charge is -2.44. The van der Waals surface area contributed by atoms with E-state index in [9.17, 15) is 19.5 Å². The number of thioether (sulfide) groups is 1. The number of aliphatic hydroxyl groups is 1. The average molecular weight is 610 g/mol. The molecule has 1 aromatic carbocycles. The number of hydrogen-bond donors (Lipinski definition) is 1. The Bertz CT molecular complexity index is 1220. The number of ether oxygens (including phenoxy) is 1. The summed E-state index contributed by atoms with van der Waals surface area (Å²) in [6, 6.07) is 6.25. The zero-order valence-corrected chi connectivity index (χ0v) is 26.6. The Morgan fingerprint density at radius 1 is 1.14 bits per heavy atom. The maximum absolute atomic E-state index is 14.8.